The molecular formula is C19H17N5OS. The second kappa shape index (κ2) is 6.19. The first-order chi connectivity index (χ1) is 12.8. The molecule has 0 amide bonds. The molecule has 0 bridgehead atoms. The fraction of sp³-hybridized carbons (Fsp3) is 0.211. The summed E-state index contributed by atoms with van der Waals surface area (Å²) in [5.41, 5.74) is 3.84. The maximum atomic E-state index is 12.5. The Balaban J connectivity index is 1.45. The molecular weight excluding hydrogens is 346 g/mol. The molecule has 0 spiro atoms. The molecule has 0 fully saturated rings. The van der Waals surface area contributed by atoms with Crippen molar-refractivity contribution in [3.8, 4) is 10.7 Å². The third-order valence-electron chi connectivity index (χ3n) is 4.84. The van der Waals surface area contributed by atoms with Crippen LogP contribution in [0.1, 0.15) is 16.8 Å². The van der Waals surface area contributed by atoms with E-state index in [1.807, 2.05) is 29.8 Å². The lowest BCUT2D eigenvalue weighted by molar-refractivity contribution is 0.241. The quantitative estimate of drug-likeness (QED) is 0.587. The zero-order chi connectivity index (χ0) is 17.5. The van der Waals surface area contributed by atoms with E-state index in [-0.39, 0.29) is 5.56 Å². The number of nitrogens with zero attached hydrogens (tertiary/aromatic N) is 3. The van der Waals surface area contributed by atoms with Gasteiger partial charge in [-0.15, -0.1) is 11.3 Å². The highest BCUT2D eigenvalue weighted by atomic mass is 32.1. The number of rotatable bonds is 3. The van der Waals surface area contributed by atoms with Gasteiger partial charge in [-0.3, -0.25) is 9.69 Å². The van der Waals surface area contributed by atoms with E-state index < -0.39 is 0 Å². The highest BCUT2D eigenvalue weighted by molar-refractivity contribution is 7.13. The van der Waals surface area contributed by atoms with Gasteiger partial charge in [-0.2, -0.15) is 0 Å². The van der Waals surface area contributed by atoms with Gasteiger partial charge in [0, 0.05) is 43.0 Å². The van der Waals surface area contributed by atoms with Crippen LogP contribution in [0, 0.1) is 0 Å². The molecule has 6 nitrogen and oxygen atoms in total. The van der Waals surface area contributed by atoms with Crippen molar-refractivity contribution in [3.63, 3.8) is 0 Å². The average molecular weight is 363 g/mol. The highest BCUT2D eigenvalue weighted by Crippen LogP contribution is 2.24. The van der Waals surface area contributed by atoms with Gasteiger partial charge >= 0.3 is 0 Å². The van der Waals surface area contributed by atoms with Gasteiger partial charge in [0.2, 0.25) is 0 Å². The summed E-state index contributed by atoms with van der Waals surface area (Å²) in [6.45, 7) is 2.35. The first kappa shape index (κ1) is 15.5. The number of thiophene rings is 1. The Labute approximate surface area is 153 Å². The van der Waals surface area contributed by atoms with Crippen LogP contribution < -0.4 is 5.56 Å². The zero-order valence-electron chi connectivity index (χ0n) is 14.0. The molecule has 0 aromatic carbocycles. The van der Waals surface area contributed by atoms with E-state index in [2.05, 4.69) is 25.9 Å². The van der Waals surface area contributed by atoms with Crippen molar-refractivity contribution in [2.24, 2.45) is 0 Å². The molecule has 7 heteroatoms. The van der Waals surface area contributed by atoms with Crippen LogP contribution in [0.4, 0.5) is 0 Å². The Morgan fingerprint density at radius 3 is 3.12 bits per heavy atom. The molecule has 0 saturated heterocycles. The van der Waals surface area contributed by atoms with Gasteiger partial charge in [0.25, 0.3) is 5.56 Å². The van der Waals surface area contributed by atoms with E-state index in [4.69, 9.17) is 4.98 Å². The van der Waals surface area contributed by atoms with Crippen molar-refractivity contribution >= 4 is 22.4 Å². The third-order valence-corrected chi connectivity index (χ3v) is 5.71. The molecule has 0 unspecified atom stereocenters. The summed E-state index contributed by atoms with van der Waals surface area (Å²) in [5, 5.41) is 3.14. The van der Waals surface area contributed by atoms with Crippen LogP contribution in [0.25, 0.3) is 21.7 Å². The fourth-order valence-corrected chi connectivity index (χ4v) is 4.21. The standard InChI is InChI=1S/C19H17N5OS/c25-19-14-5-7-24(10-12-9-21-17-13(12)3-1-6-20-17)11-15(14)22-18(23-19)16-4-2-8-26-16/h1-4,6,8-9H,5,7,10-11H2,(H,20,21)(H,22,23,25). The lowest BCUT2D eigenvalue weighted by atomic mass is 10.1. The molecule has 0 aliphatic carbocycles. The highest BCUT2D eigenvalue weighted by Gasteiger charge is 2.22. The number of pyridine rings is 1. The van der Waals surface area contributed by atoms with Crippen LogP contribution in [-0.2, 0) is 19.5 Å². The monoisotopic (exact) mass is 363 g/mol. The maximum Gasteiger partial charge on any atom is 0.254 e. The topological polar surface area (TPSA) is 77.7 Å². The molecule has 0 saturated carbocycles. The molecule has 0 atom stereocenters. The minimum absolute atomic E-state index is 0.00524. The lowest BCUT2D eigenvalue weighted by Crippen LogP contribution is -2.35. The van der Waals surface area contributed by atoms with Crippen molar-refractivity contribution in [2.75, 3.05) is 6.54 Å². The second-order valence-electron chi connectivity index (χ2n) is 6.49. The second-order valence-corrected chi connectivity index (χ2v) is 7.44. The largest absolute Gasteiger partial charge is 0.346 e. The number of nitrogens with one attached hydrogen (secondary N) is 2. The van der Waals surface area contributed by atoms with E-state index >= 15 is 0 Å². The van der Waals surface area contributed by atoms with Gasteiger partial charge in [0.1, 0.15) is 5.65 Å². The minimum Gasteiger partial charge on any atom is -0.346 e. The fourth-order valence-electron chi connectivity index (χ4n) is 3.54. The maximum absolute atomic E-state index is 12.5. The predicted octanol–water partition coefficient (Wildman–Crippen LogP) is 2.93. The van der Waals surface area contributed by atoms with Crippen molar-refractivity contribution in [2.45, 2.75) is 19.5 Å². The van der Waals surface area contributed by atoms with Crippen molar-refractivity contribution in [3.05, 3.63) is 69.2 Å². The smallest absolute Gasteiger partial charge is 0.254 e. The van der Waals surface area contributed by atoms with Crippen LogP contribution >= 0.6 is 11.3 Å². The molecule has 4 aromatic heterocycles. The van der Waals surface area contributed by atoms with Crippen molar-refractivity contribution in [1.29, 1.82) is 0 Å². The van der Waals surface area contributed by atoms with E-state index in [1.54, 1.807) is 17.5 Å². The zero-order valence-corrected chi connectivity index (χ0v) is 14.8. The summed E-state index contributed by atoms with van der Waals surface area (Å²) in [5.74, 6) is 0.668. The lowest BCUT2D eigenvalue weighted by Gasteiger charge is -2.27. The molecule has 2 N–H and O–H groups in total. The molecule has 1 aliphatic rings. The number of aromatic amines is 2. The molecule has 0 radical (unpaired) electrons. The number of hydrogen-bond donors (Lipinski definition) is 2. The van der Waals surface area contributed by atoms with Crippen molar-refractivity contribution < 1.29 is 0 Å². The molecule has 1 aliphatic heterocycles. The Morgan fingerprint density at radius 2 is 2.23 bits per heavy atom. The average Bonchev–Trinajstić information content (AvgIpc) is 3.32. The Hall–Kier alpha value is -2.77. The van der Waals surface area contributed by atoms with Crippen LogP contribution in [-0.4, -0.2) is 31.4 Å². The SMILES string of the molecule is O=c1[nH]c(-c2cccs2)nc2c1CCN(Cc1c[nH]c3ncccc13)C2. The molecule has 5 rings (SSSR count). The van der Waals surface area contributed by atoms with Gasteiger partial charge in [0.05, 0.1) is 10.6 Å². The van der Waals surface area contributed by atoms with Gasteiger partial charge in [-0.25, -0.2) is 9.97 Å². The van der Waals surface area contributed by atoms with Crippen LogP contribution in [0.5, 0.6) is 0 Å². The molecule has 5 heterocycles. The van der Waals surface area contributed by atoms with E-state index in [0.29, 0.717) is 12.4 Å². The summed E-state index contributed by atoms with van der Waals surface area (Å²) in [4.78, 5) is 31.0. The van der Waals surface area contributed by atoms with E-state index in [1.165, 1.54) is 5.56 Å². The molecule has 130 valence electrons. The van der Waals surface area contributed by atoms with Gasteiger partial charge in [-0.1, -0.05) is 6.07 Å². The van der Waals surface area contributed by atoms with Crippen LogP contribution in [0.2, 0.25) is 0 Å². The van der Waals surface area contributed by atoms with Crippen LogP contribution in [0.15, 0.2) is 46.8 Å². The third kappa shape index (κ3) is 2.65. The van der Waals surface area contributed by atoms with Crippen molar-refractivity contribution in [1.82, 2.24) is 24.8 Å². The van der Waals surface area contributed by atoms with Gasteiger partial charge in [0.15, 0.2) is 5.82 Å². The predicted molar refractivity (Wildman–Crippen MR) is 102 cm³/mol. The van der Waals surface area contributed by atoms with E-state index in [0.717, 1.165) is 46.7 Å². The number of hydrogen-bond acceptors (Lipinski definition) is 5. The summed E-state index contributed by atoms with van der Waals surface area (Å²) in [6.07, 6.45) is 4.54. The Morgan fingerprint density at radius 1 is 1.27 bits per heavy atom. The number of fused-ring (bicyclic) bond motifs is 2. The molecule has 4 aromatic rings. The summed E-state index contributed by atoms with van der Waals surface area (Å²) in [7, 11) is 0. The summed E-state index contributed by atoms with van der Waals surface area (Å²) in [6, 6.07) is 8.00. The summed E-state index contributed by atoms with van der Waals surface area (Å²) < 4.78 is 0. The molecule has 26 heavy (non-hydrogen) atoms. The number of aromatic nitrogens is 4. The summed E-state index contributed by atoms with van der Waals surface area (Å²) >= 11 is 1.58. The normalized spacial score (nSPS) is 14.6. The first-order valence-electron chi connectivity index (χ1n) is 8.57. The minimum atomic E-state index is -0.00524. The van der Waals surface area contributed by atoms with Crippen LogP contribution in [0.3, 0.4) is 0 Å². The van der Waals surface area contributed by atoms with Gasteiger partial charge in [-0.05, 0) is 35.6 Å². The Kier molecular flexibility index (Phi) is 3.69. The van der Waals surface area contributed by atoms with Gasteiger partial charge < -0.3 is 9.97 Å². The van der Waals surface area contributed by atoms with E-state index in [9.17, 15) is 4.79 Å². The Bertz CT molecular complexity index is 1130. The first-order valence-corrected chi connectivity index (χ1v) is 9.45. The number of H-pyrrole nitrogens is 2.